The number of thiazole rings is 1. The highest BCUT2D eigenvalue weighted by Crippen LogP contribution is 2.29. The third-order valence-electron chi connectivity index (χ3n) is 4.28. The zero-order valence-electron chi connectivity index (χ0n) is 15.8. The average molecular weight is 422 g/mol. The molecule has 0 radical (unpaired) electrons. The molecule has 0 atom stereocenters. The minimum Gasteiger partial charge on any atom is -0.489 e. The van der Waals surface area contributed by atoms with Crippen LogP contribution in [0.5, 0.6) is 5.75 Å². The van der Waals surface area contributed by atoms with Gasteiger partial charge in [0.1, 0.15) is 22.2 Å². The maximum absolute atomic E-state index is 12.6. The van der Waals surface area contributed by atoms with E-state index in [0.29, 0.717) is 18.0 Å². The zero-order chi connectivity index (χ0) is 20.1. The van der Waals surface area contributed by atoms with E-state index in [9.17, 15) is 4.79 Å². The normalized spacial score (nSPS) is 10.7. The van der Waals surface area contributed by atoms with Gasteiger partial charge in [-0.3, -0.25) is 9.78 Å². The molecule has 3 aromatic heterocycles. The number of nitrogens with one attached hydrogen (secondary N) is 1. The van der Waals surface area contributed by atoms with Crippen molar-refractivity contribution in [2.75, 3.05) is 0 Å². The maximum Gasteiger partial charge on any atom is 0.263 e. The van der Waals surface area contributed by atoms with Crippen LogP contribution in [0.4, 0.5) is 0 Å². The fourth-order valence-electron chi connectivity index (χ4n) is 2.73. The number of nitrogens with zero attached hydrogens (tertiary/aromatic N) is 2. The molecule has 0 unspecified atom stereocenters. The van der Waals surface area contributed by atoms with Crippen LogP contribution < -0.4 is 10.1 Å². The molecule has 1 N–H and O–H groups in total. The summed E-state index contributed by atoms with van der Waals surface area (Å²) in [6.45, 7) is 2.80. The summed E-state index contributed by atoms with van der Waals surface area (Å²) in [5, 5.41) is 7.91. The number of aromatic nitrogens is 2. The first kappa shape index (κ1) is 19.3. The topological polar surface area (TPSA) is 64.1 Å². The summed E-state index contributed by atoms with van der Waals surface area (Å²) in [5.74, 6) is 0.681. The molecule has 146 valence electrons. The van der Waals surface area contributed by atoms with Crippen molar-refractivity contribution in [1.82, 2.24) is 15.3 Å². The molecule has 4 rings (SSSR count). The Balaban J connectivity index is 1.32. The van der Waals surface area contributed by atoms with E-state index in [1.165, 1.54) is 11.3 Å². The Labute approximate surface area is 177 Å². The van der Waals surface area contributed by atoms with Crippen LogP contribution in [-0.4, -0.2) is 15.9 Å². The molecule has 0 bridgehead atoms. The molecule has 0 spiro atoms. The molecule has 0 aliphatic carbocycles. The molecule has 0 aliphatic rings. The molecule has 3 heterocycles. The lowest BCUT2D eigenvalue weighted by Crippen LogP contribution is -2.22. The maximum atomic E-state index is 12.6. The van der Waals surface area contributed by atoms with Crippen LogP contribution in [0.3, 0.4) is 0 Å². The fraction of sp³-hybridized carbons (Fsp3) is 0.136. The fourth-order valence-corrected chi connectivity index (χ4v) is 4.43. The van der Waals surface area contributed by atoms with E-state index in [1.807, 2.05) is 60.1 Å². The Bertz CT molecular complexity index is 1080. The van der Waals surface area contributed by atoms with E-state index >= 15 is 0 Å². The van der Waals surface area contributed by atoms with Crippen LogP contribution in [0.2, 0.25) is 0 Å². The molecule has 0 fully saturated rings. The van der Waals surface area contributed by atoms with Gasteiger partial charge in [0.2, 0.25) is 0 Å². The van der Waals surface area contributed by atoms with Crippen LogP contribution in [-0.2, 0) is 13.2 Å². The summed E-state index contributed by atoms with van der Waals surface area (Å²) in [7, 11) is 0. The standard InChI is InChI=1S/C22H19N3O2S2/c1-15-20(29-22(25-15)18-8-10-28-14-18)21(26)24-12-16-4-6-19(7-5-16)27-13-17-3-2-9-23-11-17/h2-11,14H,12-13H2,1H3,(H,24,26). The number of benzene rings is 1. The molecule has 29 heavy (non-hydrogen) atoms. The van der Waals surface area contributed by atoms with Gasteiger partial charge in [0.15, 0.2) is 0 Å². The smallest absolute Gasteiger partial charge is 0.263 e. The number of carbonyl (C=O) groups excluding carboxylic acids is 1. The highest BCUT2D eigenvalue weighted by molar-refractivity contribution is 7.17. The van der Waals surface area contributed by atoms with Crippen LogP contribution in [0, 0.1) is 6.92 Å². The minimum atomic E-state index is -0.0987. The predicted octanol–water partition coefficient (Wildman–Crippen LogP) is 5.08. The van der Waals surface area contributed by atoms with Gasteiger partial charge < -0.3 is 10.1 Å². The van der Waals surface area contributed by atoms with Gasteiger partial charge >= 0.3 is 0 Å². The lowest BCUT2D eigenvalue weighted by molar-refractivity contribution is 0.0954. The van der Waals surface area contributed by atoms with Crippen molar-refractivity contribution >= 4 is 28.6 Å². The van der Waals surface area contributed by atoms with E-state index < -0.39 is 0 Å². The van der Waals surface area contributed by atoms with E-state index in [4.69, 9.17) is 4.74 Å². The lowest BCUT2D eigenvalue weighted by atomic mass is 10.2. The molecule has 4 aromatic rings. The average Bonchev–Trinajstić information content (AvgIpc) is 3.42. The highest BCUT2D eigenvalue weighted by atomic mass is 32.1. The van der Waals surface area contributed by atoms with Gasteiger partial charge in [-0.15, -0.1) is 11.3 Å². The molecule has 0 aliphatic heterocycles. The Hall–Kier alpha value is -3.03. The number of pyridine rings is 1. The number of carbonyl (C=O) groups is 1. The summed E-state index contributed by atoms with van der Waals surface area (Å²) >= 11 is 3.05. The lowest BCUT2D eigenvalue weighted by Gasteiger charge is -2.08. The van der Waals surface area contributed by atoms with Crippen molar-refractivity contribution < 1.29 is 9.53 Å². The van der Waals surface area contributed by atoms with Crippen molar-refractivity contribution in [2.45, 2.75) is 20.1 Å². The molecule has 1 aromatic carbocycles. The van der Waals surface area contributed by atoms with Gasteiger partial charge in [-0.2, -0.15) is 11.3 Å². The van der Waals surface area contributed by atoms with Gasteiger partial charge in [0.25, 0.3) is 5.91 Å². The molecule has 7 heteroatoms. The summed E-state index contributed by atoms with van der Waals surface area (Å²) in [6, 6.07) is 13.6. The Morgan fingerprint density at radius 2 is 2.00 bits per heavy atom. The van der Waals surface area contributed by atoms with Crippen LogP contribution >= 0.6 is 22.7 Å². The number of ether oxygens (including phenoxy) is 1. The summed E-state index contributed by atoms with van der Waals surface area (Å²) in [6.07, 6.45) is 3.53. The molecular formula is C22H19N3O2S2. The Kier molecular flexibility index (Phi) is 5.97. The van der Waals surface area contributed by atoms with Gasteiger partial charge in [0.05, 0.1) is 5.69 Å². The summed E-state index contributed by atoms with van der Waals surface area (Å²) in [4.78, 5) is 21.8. The number of hydrogen-bond acceptors (Lipinski definition) is 6. The summed E-state index contributed by atoms with van der Waals surface area (Å²) < 4.78 is 5.76. The minimum absolute atomic E-state index is 0.0987. The molecule has 0 saturated carbocycles. The number of hydrogen-bond donors (Lipinski definition) is 1. The van der Waals surface area contributed by atoms with Crippen LogP contribution in [0.15, 0.2) is 65.6 Å². The van der Waals surface area contributed by atoms with E-state index in [2.05, 4.69) is 15.3 Å². The third kappa shape index (κ3) is 4.88. The molecular weight excluding hydrogens is 402 g/mol. The Morgan fingerprint density at radius 3 is 2.72 bits per heavy atom. The molecule has 0 saturated heterocycles. The number of aryl methyl sites for hydroxylation is 1. The second-order valence-electron chi connectivity index (χ2n) is 6.42. The van der Waals surface area contributed by atoms with Crippen molar-refractivity contribution in [3.05, 3.63) is 87.3 Å². The van der Waals surface area contributed by atoms with Crippen molar-refractivity contribution in [2.24, 2.45) is 0 Å². The number of rotatable bonds is 7. The van der Waals surface area contributed by atoms with E-state index in [1.54, 1.807) is 23.7 Å². The second kappa shape index (κ2) is 8.98. The molecule has 1 amide bonds. The quantitative estimate of drug-likeness (QED) is 0.452. The first-order chi connectivity index (χ1) is 14.2. The van der Waals surface area contributed by atoms with E-state index in [-0.39, 0.29) is 5.91 Å². The second-order valence-corrected chi connectivity index (χ2v) is 8.20. The highest BCUT2D eigenvalue weighted by Gasteiger charge is 2.16. The first-order valence-corrected chi connectivity index (χ1v) is 10.8. The first-order valence-electron chi connectivity index (χ1n) is 9.08. The van der Waals surface area contributed by atoms with Gasteiger partial charge in [-0.1, -0.05) is 18.2 Å². The molecule has 5 nitrogen and oxygen atoms in total. The largest absolute Gasteiger partial charge is 0.489 e. The van der Waals surface area contributed by atoms with Gasteiger partial charge in [-0.25, -0.2) is 4.98 Å². The van der Waals surface area contributed by atoms with E-state index in [0.717, 1.165) is 33.1 Å². The third-order valence-corrected chi connectivity index (χ3v) is 6.16. The van der Waals surface area contributed by atoms with Crippen LogP contribution in [0.1, 0.15) is 26.5 Å². The zero-order valence-corrected chi connectivity index (χ0v) is 17.4. The predicted molar refractivity (Wildman–Crippen MR) is 116 cm³/mol. The van der Waals surface area contributed by atoms with Crippen molar-refractivity contribution in [3.63, 3.8) is 0 Å². The number of thiophene rings is 1. The van der Waals surface area contributed by atoms with Crippen molar-refractivity contribution in [3.8, 4) is 16.3 Å². The monoisotopic (exact) mass is 421 g/mol. The van der Waals surface area contributed by atoms with Crippen LogP contribution in [0.25, 0.3) is 10.6 Å². The Morgan fingerprint density at radius 1 is 1.14 bits per heavy atom. The van der Waals surface area contributed by atoms with Gasteiger partial charge in [-0.05, 0) is 42.1 Å². The summed E-state index contributed by atoms with van der Waals surface area (Å²) in [5.41, 5.74) is 3.84. The van der Waals surface area contributed by atoms with Crippen molar-refractivity contribution in [1.29, 1.82) is 0 Å². The van der Waals surface area contributed by atoms with Gasteiger partial charge in [0, 0.05) is 35.4 Å². The SMILES string of the molecule is Cc1nc(-c2ccsc2)sc1C(=O)NCc1ccc(OCc2cccnc2)cc1. The number of amides is 1.